The van der Waals surface area contributed by atoms with Gasteiger partial charge in [0.25, 0.3) is 10.9 Å². The molecule has 0 saturated heterocycles. The standard InChI is InChI=1S/C15H15N5O4S/c1-10(14(21)19(2)8-4-7-16)25-15-18-17-13(24-15)11-5-3-6-12(9-11)20(22)23/h3,5-6,9-10H,4,8H2,1-2H3/t10-/m0/s1. The van der Waals surface area contributed by atoms with E-state index in [1.807, 2.05) is 6.07 Å². The number of amides is 1. The Balaban J connectivity index is 2.06. The van der Waals surface area contributed by atoms with Crippen molar-refractivity contribution < 1.29 is 14.1 Å². The van der Waals surface area contributed by atoms with Crippen LogP contribution in [-0.4, -0.2) is 44.8 Å². The summed E-state index contributed by atoms with van der Waals surface area (Å²) >= 11 is 1.09. The normalized spacial score (nSPS) is 11.6. The number of hydrogen-bond donors (Lipinski definition) is 0. The number of rotatable bonds is 7. The van der Waals surface area contributed by atoms with E-state index in [1.165, 1.54) is 23.1 Å². The quantitative estimate of drug-likeness (QED) is 0.418. The molecule has 0 N–H and O–H groups in total. The van der Waals surface area contributed by atoms with Crippen LogP contribution in [0.15, 0.2) is 33.9 Å². The molecule has 1 heterocycles. The first-order chi connectivity index (χ1) is 11.9. The van der Waals surface area contributed by atoms with Crippen LogP contribution in [0.1, 0.15) is 13.3 Å². The molecule has 0 aliphatic heterocycles. The molecule has 0 aliphatic carbocycles. The van der Waals surface area contributed by atoms with Crippen molar-refractivity contribution in [1.82, 2.24) is 15.1 Å². The molecule has 0 aliphatic rings. The Morgan fingerprint density at radius 2 is 2.28 bits per heavy atom. The van der Waals surface area contributed by atoms with Gasteiger partial charge in [0, 0.05) is 31.3 Å². The molecule has 1 aromatic heterocycles. The summed E-state index contributed by atoms with van der Waals surface area (Å²) in [4.78, 5) is 24.0. The molecule has 9 nitrogen and oxygen atoms in total. The zero-order valence-corrected chi connectivity index (χ0v) is 14.4. The lowest BCUT2D eigenvalue weighted by atomic mass is 10.2. The Hall–Kier alpha value is -2.93. The van der Waals surface area contributed by atoms with Crippen molar-refractivity contribution in [3.63, 3.8) is 0 Å². The Morgan fingerprint density at radius 3 is 2.96 bits per heavy atom. The summed E-state index contributed by atoms with van der Waals surface area (Å²) < 4.78 is 5.48. The monoisotopic (exact) mass is 361 g/mol. The lowest BCUT2D eigenvalue weighted by molar-refractivity contribution is -0.384. The summed E-state index contributed by atoms with van der Waals surface area (Å²) in [6.45, 7) is 2.05. The molecule has 0 unspecified atom stereocenters. The largest absolute Gasteiger partial charge is 0.411 e. The summed E-state index contributed by atoms with van der Waals surface area (Å²) in [5, 5.41) is 26.8. The highest BCUT2D eigenvalue weighted by atomic mass is 32.2. The summed E-state index contributed by atoms with van der Waals surface area (Å²) in [7, 11) is 1.62. The van der Waals surface area contributed by atoms with Crippen LogP contribution in [0.3, 0.4) is 0 Å². The maximum atomic E-state index is 12.2. The third kappa shape index (κ3) is 4.77. The predicted molar refractivity (Wildman–Crippen MR) is 89.6 cm³/mol. The van der Waals surface area contributed by atoms with Gasteiger partial charge in [-0.25, -0.2) is 0 Å². The summed E-state index contributed by atoms with van der Waals surface area (Å²) in [5.41, 5.74) is 0.353. The van der Waals surface area contributed by atoms with Gasteiger partial charge < -0.3 is 9.32 Å². The van der Waals surface area contributed by atoms with Crippen molar-refractivity contribution in [3.8, 4) is 17.5 Å². The highest BCUT2D eigenvalue weighted by Gasteiger charge is 2.22. The molecule has 25 heavy (non-hydrogen) atoms. The Morgan fingerprint density at radius 1 is 1.52 bits per heavy atom. The van der Waals surface area contributed by atoms with Crippen molar-refractivity contribution in [2.45, 2.75) is 23.8 Å². The van der Waals surface area contributed by atoms with Gasteiger partial charge in [-0.3, -0.25) is 14.9 Å². The molecule has 2 aromatic rings. The molecule has 1 aromatic carbocycles. The molecule has 0 radical (unpaired) electrons. The van der Waals surface area contributed by atoms with E-state index < -0.39 is 10.2 Å². The molecule has 1 amide bonds. The van der Waals surface area contributed by atoms with Gasteiger partial charge >= 0.3 is 0 Å². The minimum atomic E-state index is -0.507. The lowest BCUT2D eigenvalue weighted by Gasteiger charge is -2.18. The molecule has 130 valence electrons. The second-order valence-corrected chi connectivity index (χ2v) is 6.40. The van der Waals surface area contributed by atoms with Crippen LogP contribution in [0.5, 0.6) is 0 Å². The molecular weight excluding hydrogens is 346 g/mol. The first kappa shape index (κ1) is 18.4. The van der Waals surface area contributed by atoms with Crippen molar-refractivity contribution in [1.29, 1.82) is 5.26 Å². The molecule has 0 fully saturated rings. The number of nitrogens with zero attached hydrogens (tertiary/aromatic N) is 5. The Kier molecular flexibility index (Phi) is 6.08. The van der Waals surface area contributed by atoms with Gasteiger partial charge in [0.05, 0.1) is 22.7 Å². The van der Waals surface area contributed by atoms with Crippen molar-refractivity contribution >= 4 is 23.4 Å². The topological polar surface area (TPSA) is 126 Å². The Bertz CT molecular complexity index is 816. The zero-order valence-electron chi connectivity index (χ0n) is 13.6. The summed E-state index contributed by atoms with van der Waals surface area (Å²) in [5.74, 6) is -0.0148. The SMILES string of the molecule is C[C@H](Sc1nnc(-c2cccc([N+](=O)[O-])c2)o1)C(=O)N(C)CCC#N. The van der Waals surface area contributed by atoms with E-state index in [-0.39, 0.29) is 29.1 Å². The van der Waals surface area contributed by atoms with E-state index in [0.717, 1.165) is 11.8 Å². The van der Waals surface area contributed by atoms with Gasteiger partial charge in [-0.05, 0) is 13.0 Å². The van der Waals surface area contributed by atoms with Crippen LogP contribution in [0.2, 0.25) is 0 Å². The molecule has 0 spiro atoms. The van der Waals surface area contributed by atoms with Gasteiger partial charge in [0.15, 0.2) is 0 Å². The van der Waals surface area contributed by atoms with Crippen molar-refractivity contribution in [2.75, 3.05) is 13.6 Å². The first-order valence-electron chi connectivity index (χ1n) is 7.29. The number of nitro benzene ring substituents is 1. The Labute approximate surface area is 147 Å². The van der Waals surface area contributed by atoms with Gasteiger partial charge in [0.1, 0.15) is 0 Å². The van der Waals surface area contributed by atoms with Crippen molar-refractivity contribution in [2.24, 2.45) is 0 Å². The van der Waals surface area contributed by atoms with E-state index in [2.05, 4.69) is 10.2 Å². The number of thioether (sulfide) groups is 1. The van der Waals surface area contributed by atoms with Crippen molar-refractivity contribution in [3.05, 3.63) is 34.4 Å². The fourth-order valence-corrected chi connectivity index (χ4v) is 2.76. The number of non-ortho nitro benzene ring substituents is 1. The van der Waals surface area contributed by atoms with Gasteiger partial charge in [-0.15, -0.1) is 10.2 Å². The smallest absolute Gasteiger partial charge is 0.277 e. The summed E-state index contributed by atoms with van der Waals surface area (Å²) in [6, 6.07) is 7.85. The minimum Gasteiger partial charge on any atom is -0.411 e. The van der Waals surface area contributed by atoms with Crippen LogP contribution in [0, 0.1) is 21.4 Å². The predicted octanol–water partition coefficient (Wildman–Crippen LogP) is 2.50. The number of benzene rings is 1. The number of carbonyl (C=O) groups excluding carboxylic acids is 1. The lowest BCUT2D eigenvalue weighted by Crippen LogP contribution is -2.33. The van der Waals surface area contributed by atoms with Gasteiger partial charge in [-0.1, -0.05) is 17.8 Å². The maximum absolute atomic E-state index is 12.2. The fourth-order valence-electron chi connectivity index (χ4n) is 1.97. The second kappa shape index (κ2) is 8.25. The van der Waals surface area contributed by atoms with Crippen LogP contribution < -0.4 is 0 Å². The highest BCUT2D eigenvalue weighted by molar-refractivity contribution is 8.00. The van der Waals surface area contributed by atoms with Crippen LogP contribution in [0.4, 0.5) is 5.69 Å². The molecular formula is C15H15N5O4S. The van der Waals surface area contributed by atoms with Gasteiger partial charge in [0.2, 0.25) is 11.8 Å². The number of nitriles is 1. The number of hydrogen-bond acceptors (Lipinski definition) is 8. The first-order valence-corrected chi connectivity index (χ1v) is 8.17. The van der Waals surface area contributed by atoms with Crippen LogP contribution in [0.25, 0.3) is 11.5 Å². The molecule has 10 heteroatoms. The number of carbonyl (C=O) groups is 1. The number of aromatic nitrogens is 2. The van der Waals surface area contributed by atoms with E-state index in [9.17, 15) is 14.9 Å². The van der Waals surface area contributed by atoms with E-state index >= 15 is 0 Å². The zero-order chi connectivity index (χ0) is 18.4. The minimum absolute atomic E-state index is 0.0763. The van der Waals surface area contributed by atoms with E-state index in [4.69, 9.17) is 9.68 Å². The van der Waals surface area contributed by atoms with E-state index in [0.29, 0.717) is 12.1 Å². The summed E-state index contributed by atoms with van der Waals surface area (Å²) in [6.07, 6.45) is 0.261. The third-order valence-electron chi connectivity index (χ3n) is 3.27. The highest BCUT2D eigenvalue weighted by Crippen LogP contribution is 2.28. The molecule has 2 rings (SSSR count). The average molecular weight is 361 g/mol. The number of nitro groups is 1. The molecule has 0 bridgehead atoms. The van der Waals surface area contributed by atoms with Crippen LogP contribution >= 0.6 is 11.8 Å². The average Bonchev–Trinajstić information content (AvgIpc) is 3.07. The second-order valence-electron chi connectivity index (χ2n) is 5.11. The fraction of sp³-hybridized carbons (Fsp3) is 0.333. The van der Waals surface area contributed by atoms with E-state index in [1.54, 1.807) is 20.0 Å². The van der Waals surface area contributed by atoms with Gasteiger partial charge in [-0.2, -0.15) is 5.26 Å². The molecule has 1 atom stereocenters. The molecule has 0 saturated carbocycles. The third-order valence-corrected chi connectivity index (χ3v) is 4.19. The van der Waals surface area contributed by atoms with Crippen LogP contribution in [-0.2, 0) is 4.79 Å². The maximum Gasteiger partial charge on any atom is 0.277 e.